The van der Waals surface area contributed by atoms with Gasteiger partial charge in [-0.25, -0.2) is 13.2 Å². The molecule has 0 saturated heterocycles. The Morgan fingerprint density at radius 1 is 0.733 bits per heavy atom. The lowest BCUT2D eigenvalue weighted by atomic mass is 10.2. The molecule has 1 N–H and O–H groups in total. The van der Waals surface area contributed by atoms with E-state index < -0.39 is 30.4 Å². The summed E-state index contributed by atoms with van der Waals surface area (Å²) in [6.45, 7) is 0. The molecule has 0 radical (unpaired) electrons. The van der Waals surface area contributed by atoms with Gasteiger partial charge in [-0.3, -0.25) is 4.57 Å². The molecule has 0 saturated carbocycles. The summed E-state index contributed by atoms with van der Waals surface area (Å²) in [5, 5.41) is 2.67. The molecule has 8 heteroatoms. The van der Waals surface area contributed by atoms with Crippen molar-refractivity contribution in [3.63, 3.8) is 0 Å². The van der Waals surface area contributed by atoms with Crippen molar-refractivity contribution < 1.29 is 17.7 Å². The van der Waals surface area contributed by atoms with E-state index in [-0.39, 0.29) is 10.1 Å². The molecule has 0 bridgehead atoms. The van der Waals surface area contributed by atoms with Gasteiger partial charge in [-0.1, -0.05) is 83.9 Å². The second-order valence-electron chi connectivity index (χ2n) is 6.23. The molecule has 3 aromatic carbocycles. The summed E-state index contributed by atoms with van der Waals surface area (Å²) < 4.78 is 54.8. The highest BCUT2D eigenvalue weighted by atomic mass is 35.5. The van der Waals surface area contributed by atoms with Gasteiger partial charge < -0.3 is 5.09 Å². The number of hydrogen-bond acceptors (Lipinski definition) is 1. The molecule has 0 aliphatic heterocycles. The molecule has 1 atom stereocenters. The summed E-state index contributed by atoms with van der Waals surface area (Å²) in [5.41, 5.74) is 0.646. The van der Waals surface area contributed by atoms with E-state index in [9.17, 15) is 17.7 Å². The maximum absolute atomic E-state index is 14.2. The quantitative estimate of drug-likeness (QED) is 0.292. The Bertz CT molecular complexity index is 1090. The van der Waals surface area contributed by atoms with Crippen molar-refractivity contribution in [3.8, 4) is 0 Å². The van der Waals surface area contributed by atoms with E-state index in [4.69, 9.17) is 23.2 Å². The maximum Gasteiger partial charge on any atom is 0.216 e. The topological polar surface area (TPSA) is 29.1 Å². The van der Waals surface area contributed by atoms with E-state index in [0.29, 0.717) is 11.1 Å². The highest BCUT2D eigenvalue weighted by Crippen LogP contribution is 2.54. The number of nitrogens with one attached hydrogen (secondary N) is 1. The van der Waals surface area contributed by atoms with Gasteiger partial charge in [0.2, 0.25) is 7.29 Å². The van der Waals surface area contributed by atoms with E-state index in [0.717, 1.165) is 12.1 Å². The second kappa shape index (κ2) is 9.57. The van der Waals surface area contributed by atoms with Crippen molar-refractivity contribution in [2.24, 2.45) is 0 Å². The van der Waals surface area contributed by atoms with E-state index in [1.807, 2.05) is 0 Å². The first-order valence-corrected chi connectivity index (χ1v) is 11.3. The molecular formula is C22H15Cl2F3NOP. The molecule has 3 rings (SSSR count). The molecule has 0 amide bonds. The second-order valence-corrected chi connectivity index (χ2v) is 9.20. The lowest BCUT2D eigenvalue weighted by Gasteiger charge is -2.16. The van der Waals surface area contributed by atoms with Crippen LogP contribution in [0.3, 0.4) is 0 Å². The van der Waals surface area contributed by atoms with E-state index in [1.165, 1.54) is 11.6 Å². The van der Waals surface area contributed by atoms with Gasteiger partial charge in [0.25, 0.3) is 0 Å². The number of halogens is 5. The maximum atomic E-state index is 14.2. The average molecular weight is 468 g/mol. The van der Waals surface area contributed by atoms with Gasteiger partial charge in [0.15, 0.2) is 17.5 Å². The largest absolute Gasteiger partial charge is 0.328 e. The van der Waals surface area contributed by atoms with Crippen LogP contribution in [0.2, 0.25) is 0 Å². The molecule has 1 unspecified atom stereocenters. The van der Waals surface area contributed by atoms with Crippen LogP contribution in [0.15, 0.2) is 84.4 Å². The molecular weight excluding hydrogens is 453 g/mol. The molecule has 154 valence electrons. The highest BCUT2D eigenvalue weighted by molar-refractivity contribution is 7.72. The number of rotatable bonds is 6. The van der Waals surface area contributed by atoms with Crippen LogP contribution in [-0.2, 0) is 4.57 Å². The Labute approximate surface area is 182 Å². The normalized spacial score (nSPS) is 14.3. The smallest absolute Gasteiger partial charge is 0.216 e. The van der Waals surface area contributed by atoms with Crippen LogP contribution in [0, 0.1) is 17.5 Å². The van der Waals surface area contributed by atoms with Gasteiger partial charge in [0, 0.05) is 11.6 Å². The summed E-state index contributed by atoms with van der Waals surface area (Å²) in [4.78, 5) is 0. The first kappa shape index (κ1) is 22.2. The summed E-state index contributed by atoms with van der Waals surface area (Å²) in [5.74, 6) is -2.15. The van der Waals surface area contributed by atoms with Gasteiger partial charge in [-0.05, 0) is 23.3 Å². The Balaban J connectivity index is 2.09. The number of hydrogen-bond donors (Lipinski definition) is 1. The van der Waals surface area contributed by atoms with E-state index >= 15 is 0 Å². The predicted molar refractivity (Wildman–Crippen MR) is 118 cm³/mol. The van der Waals surface area contributed by atoms with Crippen LogP contribution < -0.4 is 5.09 Å². The fourth-order valence-corrected chi connectivity index (χ4v) is 5.43. The molecule has 30 heavy (non-hydrogen) atoms. The third-order valence-corrected chi connectivity index (χ3v) is 6.87. The standard InChI is InChI=1S/C22H15Cl2F3NOP/c23-17(15-7-3-1-4-8-15)13-30(29,14-18(24)16-9-5-2-6-10-16)28-20-12-11-19(25)21(26)22(20)27/h1-14H,(H,28,29)/b17-13-,18-14?. The van der Waals surface area contributed by atoms with Gasteiger partial charge in [0.1, 0.15) is 0 Å². The minimum absolute atomic E-state index is 0.114. The summed E-state index contributed by atoms with van der Waals surface area (Å²) >= 11 is 12.7. The molecule has 0 heterocycles. The van der Waals surface area contributed by atoms with Crippen LogP contribution >= 0.6 is 30.5 Å². The van der Waals surface area contributed by atoms with Gasteiger partial charge in [0.05, 0.1) is 15.8 Å². The lowest BCUT2D eigenvalue weighted by Crippen LogP contribution is -2.00. The summed E-state index contributed by atoms with van der Waals surface area (Å²) in [6, 6.07) is 19.0. The Morgan fingerprint density at radius 2 is 1.20 bits per heavy atom. The zero-order chi connectivity index (χ0) is 21.7. The van der Waals surface area contributed by atoms with Gasteiger partial charge >= 0.3 is 0 Å². The Hall–Kier alpha value is -2.46. The minimum atomic E-state index is -3.81. The van der Waals surface area contributed by atoms with Crippen molar-refractivity contribution in [2.75, 3.05) is 5.09 Å². The molecule has 0 spiro atoms. The molecule has 0 aliphatic rings. The fourth-order valence-electron chi connectivity index (χ4n) is 2.58. The average Bonchev–Trinajstić information content (AvgIpc) is 2.75. The van der Waals surface area contributed by atoms with Crippen LogP contribution in [0.4, 0.5) is 18.9 Å². The number of benzene rings is 3. The van der Waals surface area contributed by atoms with Crippen molar-refractivity contribution >= 4 is 46.2 Å². The van der Waals surface area contributed by atoms with Crippen LogP contribution in [0.1, 0.15) is 11.1 Å². The van der Waals surface area contributed by atoms with E-state index in [2.05, 4.69) is 5.09 Å². The first-order valence-electron chi connectivity index (χ1n) is 8.68. The van der Waals surface area contributed by atoms with Gasteiger partial charge in [-0.15, -0.1) is 0 Å². The Morgan fingerprint density at radius 3 is 1.67 bits per heavy atom. The molecule has 0 aliphatic carbocycles. The van der Waals surface area contributed by atoms with Gasteiger partial charge in [-0.2, -0.15) is 0 Å². The highest BCUT2D eigenvalue weighted by Gasteiger charge is 2.23. The van der Waals surface area contributed by atoms with Crippen LogP contribution in [0.25, 0.3) is 10.1 Å². The summed E-state index contributed by atoms with van der Waals surface area (Å²) in [6.07, 6.45) is 0. The third-order valence-electron chi connectivity index (χ3n) is 4.04. The van der Waals surface area contributed by atoms with Crippen molar-refractivity contribution in [3.05, 3.63) is 113 Å². The minimum Gasteiger partial charge on any atom is -0.328 e. The predicted octanol–water partition coefficient (Wildman–Crippen LogP) is 8.27. The van der Waals surface area contributed by atoms with Crippen molar-refractivity contribution in [1.82, 2.24) is 0 Å². The summed E-state index contributed by atoms with van der Waals surface area (Å²) in [7, 11) is -3.81. The molecule has 0 aromatic heterocycles. The Kier molecular flexibility index (Phi) is 7.09. The first-order chi connectivity index (χ1) is 14.3. The lowest BCUT2D eigenvalue weighted by molar-refractivity contribution is 0.449. The fraction of sp³-hybridized carbons (Fsp3) is 0. The molecule has 0 fully saturated rings. The number of anilines is 1. The zero-order valence-electron chi connectivity index (χ0n) is 15.3. The van der Waals surface area contributed by atoms with Crippen molar-refractivity contribution in [2.45, 2.75) is 0 Å². The van der Waals surface area contributed by atoms with E-state index in [1.54, 1.807) is 60.7 Å². The SMILES string of the molecule is O=P(C=C(Cl)c1ccccc1)(/C=C(\Cl)c1ccccc1)Nc1ccc(F)c(F)c1F. The van der Waals surface area contributed by atoms with Crippen LogP contribution in [0.5, 0.6) is 0 Å². The molecule has 2 nitrogen and oxygen atoms in total. The van der Waals surface area contributed by atoms with Crippen molar-refractivity contribution in [1.29, 1.82) is 0 Å². The third kappa shape index (κ3) is 5.37. The molecule has 3 aromatic rings. The van der Waals surface area contributed by atoms with Crippen LogP contribution in [-0.4, -0.2) is 0 Å². The monoisotopic (exact) mass is 467 g/mol. The zero-order valence-corrected chi connectivity index (χ0v) is 17.7.